The van der Waals surface area contributed by atoms with Crippen molar-refractivity contribution in [3.05, 3.63) is 41.7 Å². The van der Waals surface area contributed by atoms with Gasteiger partial charge in [-0.2, -0.15) is 15.2 Å². The predicted molar refractivity (Wildman–Crippen MR) is 110 cm³/mol. The van der Waals surface area contributed by atoms with Gasteiger partial charge in [0.2, 0.25) is 29.2 Å². The molecule has 4 rings (SSSR count). The van der Waals surface area contributed by atoms with E-state index in [1.54, 1.807) is 7.11 Å². The number of oxazole rings is 1. The molecule has 0 N–H and O–H groups in total. The van der Waals surface area contributed by atoms with E-state index in [4.69, 9.17) is 13.7 Å². The van der Waals surface area contributed by atoms with Gasteiger partial charge in [0.05, 0.1) is 12.7 Å². The van der Waals surface area contributed by atoms with Crippen molar-refractivity contribution in [2.45, 2.75) is 44.9 Å². The molecule has 1 aromatic carbocycles. The molecule has 156 valence electrons. The molecule has 0 spiro atoms. The van der Waals surface area contributed by atoms with Crippen LogP contribution in [0.2, 0.25) is 0 Å². The Labute approximate surface area is 175 Å². The number of ether oxygens (including phenoxy) is 1. The van der Waals surface area contributed by atoms with Crippen molar-refractivity contribution < 1.29 is 13.7 Å². The molecule has 8 heteroatoms. The van der Waals surface area contributed by atoms with Crippen LogP contribution >= 0.6 is 0 Å². The Bertz CT molecular complexity index is 1070. The molecule has 0 atom stereocenters. The molecule has 0 amide bonds. The zero-order valence-corrected chi connectivity index (χ0v) is 17.7. The SMILES string of the molecule is COc1ccccc1-c1noc(C2CCN(c3oc(C(C)(C)C)nc3C#N)CC2)n1. The first-order chi connectivity index (χ1) is 14.4. The van der Waals surface area contributed by atoms with Gasteiger partial charge in [0.15, 0.2) is 0 Å². The highest BCUT2D eigenvalue weighted by Gasteiger charge is 2.31. The molecule has 1 saturated heterocycles. The molecule has 30 heavy (non-hydrogen) atoms. The summed E-state index contributed by atoms with van der Waals surface area (Å²) in [6.07, 6.45) is 1.65. The average molecular weight is 407 g/mol. The molecule has 0 bridgehead atoms. The highest BCUT2D eigenvalue weighted by Crippen LogP contribution is 2.35. The summed E-state index contributed by atoms with van der Waals surface area (Å²) in [5, 5.41) is 13.6. The van der Waals surface area contributed by atoms with Gasteiger partial charge in [0, 0.05) is 24.4 Å². The maximum Gasteiger partial charge on any atom is 0.234 e. The molecular weight excluding hydrogens is 382 g/mol. The summed E-state index contributed by atoms with van der Waals surface area (Å²) in [6.45, 7) is 7.51. The van der Waals surface area contributed by atoms with E-state index in [1.165, 1.54) is 0 Å². The van der Waals surface area contributed by atoms with Crippen LogP contribution < -0.4 is 9.64 Å². The Morgan fingerprint density at radius 3 is 2.57 bits per heavy atom. The van der Waals surface area contributed by atoms with Crippen molar-refractivity contribution in [2.24, 2.45) is 0 Å². The lowest BCUT2D eigenvalue weighted by atomic mass is 9.97. The zero-order chi connectivity index (χ0) is 21.3. The summed E-state index contributed by atoms with van der Waals surface area (Å²) >= 11 is 0. The first-order valence-corrected chi connectivity index (χ1v) is 10.0. The van der Waals surface area contributed by atoms with Crippen molar-refractivity contribution in [3.8, 4) is 23.2 Å². The van der Waals surface area contributed by atoms with Gasteiger partial charge in [0.1, 0.15) is 11.8 Å². The lowest BCUT2D eigenvalue weighted by Gasteiger charge is -2.30. The Morgan fingerprint density at radius 1 is 1.17 bits per heavy atom. The van der Waals surface area contributed by atoms with Crippen LogP contribution in [0.5, 0.6) is 5.75 Å². The lowest BCUT2D eigenvalue weighted by molar-refractivity contribution is 0.324. The van der Waals surface area contributed by atoms with Crippen LogP contribution in [0, 0.1) is 11.3 Å². The van der Waals surface area contributed by atoms with E-state index in [2.05, 4.69) is 26.1 Å². The molecule has 8 nitrogen and oxygen atoms in total. The second-order valence-corrected chi connectivity index (χ2v) is 8.45. The van der Waals surface area contributed by atoms with E-state index < -0.39 is 0 Å². The van der Waals surface area contributed by atoms with Crippen LogP contribution in [0.25, 0.3) is 11.4 Å². The number of benzene rings is 1. The maximum atomic E-state index is 9.47. The number of rotatable bonds is 4. The quantitative estimate of drug-likeness (QED) is 0.631. The number of anilines is 1. The van der Waals surface area contributed by atoms with Crippen molar-refractivity contribution in [1.82, 2.24) is 15.1 Å². The van der Waals surface area contributed by atoms with E-state index in [0.717, 1.165) is 31.5 Å². The minimum Gasteiger partial charge on any atom is -0.496 e. The fourth-order valence-electron chi connectivity index (χ4n) is 3.59. The number of hydrogen-bond acceptors (Lipinski definition) is 8. The molecule has 0 saturated carbocycles. The smallest absolute Gasteiger partial charge is 0.234 e. The summed E-state index contributed by atoms with van der Waals surface area (Å²) < 4.78 is 16.9. The summed E-state index contributed by atoms with van der Waals surface area (Å²) in [6, 6.07) is 9.77. The maximum absolute atomic E-state index is 9.47. The summed E-state index contributed by atoms with van der Waals surface area (Å²) in [7, 11) is 1.62. The van der Waals surface area contributed by atoms with Crippen LogP contribution in [0.15, 0.2) is 33.2 Å². The first kappa shape index (κ1) is 20.0. The van der Waals surface area contributed by atoms with Crippen molar-refractivity contribution in [3.63, 3.8) is 0 Å². The van der Waals surface area contributed by atoms with Gasteiger partial charge in [-0.3, -0.25) is 0 Å². The third-order valence-electron chi connectivity index (χ3n) is 5.28. The standard InChI is InChI=1S/C22H25N5O3/c1-22(2,3)21-24-16(13-23)20(29-21)27-11-9-14(10-12-27)19-25-18(26-30-19)15-7-5-6-8-17(15)28-4/h5-8,14H,9-12H2,1-4H3. The van der Waals surface area contributed by atoms with Crippen LogP contribution in [-0.2, 0) is 5.41 Å². The molecule has 1 fully saturated rings. The normalized spacial score (nSPS) is 15.2. The van der Waals surface area contributed by atoms with Crippen molar-refractivity contribution in [1.29, 1.82) is 5.26 Å². The minimum absolute atomic E-state index is 0.160. The molecule has 0 unspecified atom stereocenters. The monoisotopic (exact) mass is 407 g/mol. The van der Waals surface area contributed by atoms with Crippen molar-refractivity contribution in [2.75, 3.05) is 25.1 Å². The molecule has 1 aliphatic rings. The Kier molecular flexibility index (Phi) is 5.20. The molecule has 1 aliphatic heterocycles. The number of nitriles is 1. The van der Waals surface area contributed by atoms with Crippen LogP contribution in [-0.4, -0.2) is 35.3 Å². The first-order valence-electron chi connectivity index (χ1n) is 10.0. The number of piperidine rings is 1. The number of methoxy groups -OCH3 is 1. The summed E-state index contributed by atoms with van der Waals surface area (Å²) in [4.78, 5) is 11.1. The van der Waals surface area contributed by atoms with Gasteiger partial charge < -0.3 is 18.6 Å². The fourth-order valence-corrected chi connectivity index (χ4v) is 3.59. The van der Waals surface area contributed by atoms with Gasteiger partial charge in [-0.05, 0) is 25.0 Å². The third kappa shape index (κ3) is 3.75. The van der Waals surface area contributed by atoms with E-state index in [9.17, 15) is 5.26 Å². The average Bonchev–Trinajstić information content (AvgIpc) is 3.41. The second-order valence-electron chi connectivity index (χ2n) is 8.45. The zero-order valence-electron chi connectivity index (χ0n) is 17.7. The second kappa shape index (κ2) is 7.82. The van der Waals surface area contributed by atoms with E-state index >= 15 is 0 Å². The summed E-state index contributed by atoms with van der Waals surface area (Å²) in [5.74, 6) is 3.16. The number of aromatic nitrogens is 3. The van der Waals surface area contributed by atoms with Crippen LogP contribution in [0.4, 0.5) is 5.88 Å². The largest absolute Gasteiger partial charge is 0.496 e. The van der Waals surface area contributed by atoms with Gasteiger partial charge in [-0.1, -0.05) is 38.1 Å². The van der Waals surface area contributed by atoms with Crippen LogP contribution in [0.1, 0.15) is 57.0 Å². The molecule has 2 aromatic heterocycles. The predicted octanol–water partition coefficient (Wildman–Crippen LogP) is 4.29. The topological polar surface area (TPSA) is 101 Å². The van der Waals surface area contributed by atoms with Gasteiger partial charge in [-0.15, -0.1) is 0 Å². The number of nitrogens with zero attached hydrogens (tertiary/aromatic N) is 5. The molecule has 0 aliphatic carbocycles. The van der Waals surface area contributed by atoms with E-state index in [-0.39, 0.29) is 11.3 Å². The van der Waals surface area contributed by atoms with E-state index in [0.29, 0.717) is 34.9 Å². The summed E-state index contributed by atoms with van der Waals surface area (Å²) in [5.41, 5.74) is 0.901. The Hall–Kier alpha value is -3.34. The van der Waals surface area contributed by atoms with Crippen molar-refractivity contribution >= 4 is 5.88 Å². The molecular formula is C22H25N5O3. The molecule has 0 radical (unpaired) electrons. The highest BCUT2D eigenvalue weighted by molar-refractivity contribution is 5.63. The molecule has 3 heterocycles. The van der Waals surface area contributed by atoms with Crippen LogP contribution in [0.3, 0.4) is 0 Å². The fraction of sp³-hybridized carbons (Fsp3) is 0.455. The van der Waals surface area contributed by atoms with Gasteiger partial charge >= 0.3 is 0 Å². The van der Waals surface area contributed by atoms with Gasteiger partial charge in [0.25, 0.3) is 0 Å². The Morgan fingerprint density at radius 2 is 1.90 bits per heavy atom. The lowest BCUT2D eigenvalue weighted by Crippen LogP contribution is -2.33. The van der Waals surface area contributed by atoms with Gasteiger partial charge in [-0.25, -0.2) is 0 Å². The highest BCUT2D eigenvalue weighted by atomic mass is 16.5. The Balaban J connectivity index is 1.48. The number of hydrogen-bond donors (Lipinski definition) is 0. The number of para-hydroxylation sites is 1. The minimum atomic E-state index is -0.249. The molecule has 3 aromatic rings. The van der Waals surface area contributed by atoms with E-state index in [1.807, 2.05) is 45.0 Å². The third-order valence-corrected chi connectivity index (χ3v) is 5.28.